The van der Waals surface area contributed by atoms with Crippen molar-refractivity contribution in [2.24, 2.45) is 5.92 Å². The number of H-pyrrole nitrogens is 1. The van der Waals surface area contributed by atoms with Gasteiger partial charge in [-0.1, -0.05) is 0 Å². The van der Waals surface area contributed by atoms with E-state index in [1.807, 2.05) is 44.0 Å². The van der Waals surface area contributed by atoms with Crippen molar-refractivity contribution in [1.29, 1.82) is 0 Å². The number of hydrogen-bond acceptors (Lipinski definition) is 3. The van der Waals surface area contributed by atoms with Crippen molar-refractivity contribution in [3.63, 3.8) is 0 Å². The average molecular weight is 322 g/mol. The number of rotatable bonds is 5. The molecule has 1 aromatic heterocycles. The molecule has 1 aromatic rings. The van der Waals surface area contributed by atoms with Gasteiger partial charge >= 0.3 is 6.09 Å². The second-order valence-corrected chi connectivity index (χ2v) is 7.36. The zero-order valence-electron chi connectivity index (χ0n) is 14.8. The van der Waals surface area contributed by atoms with Gasteiger partial charge < -0.3 is 19.4 Å². The lowest BCUT2D eigenvalue weighted by atomic mass is 9.95. The Hall–Kier alpha value is -1.49. The number of carbonyl (C=O) groups excluding carboxylic acids is 1. The molecule has 0 saturated carbocycles. The largest absolute Gasteiger partial charge is 0.444 e. The van der Waals surface area contributed by atoms with Crippen LogP contribution in [-0.2, 0) is 9.47 Å². The van der Waals surface area contributed by atoms with E-state index in [-0.39, 0.29) is 12.2 Å². The smallest absolute Gasteiger partial charge is 0.410 e. The molecule has 2 atom stereocenters. The molecule has 1 fully saturated rings. The van der Waals surface area contributed by atoms with Crippen molar-refractivity contribution in [2.75, 3.05) is 19.7 Å². The van der Waals surface area contributed by atoms with Gasteiger partial charge in [-0.3, -0.25) is 0 Å². The van der Waals surface area contributed by atoms with Crippen LogP contribution in [0.5, 0.6) is 0 Å². The second kappa shape index (κ2) is 7.86. The molecule has 1 N–H and O–H groups in total. The molecular formula is C18H30N2O3. The molecule has 0 aliphatic carbocycles. The third kappa shape index (κ3) is 5.90. The topological polar surface area (TPSA) is 54.6 Å². The van der Waals surface area contributed by atoms with Crippen LogP contribution in [0.4, 0.5) is 4.79 Å². The quantitative estimate of drug-likeness (QED) is 0.887. The highest BCUT2D eigenvalue weighted by atomic mass is 16.6. The van der Waals surface area contributed by atoms with Gasteiger partial charge in [0.2, 0.25) is 0 Å². The summed E-state index contributed by atoms with van der Waals surface area (Å²) in [5.41, 5.74) is 0.669. The summed E-state index contributed by atoms with van der Waals surface area (Å²) in [7, 11) is 0. The maximum atomic E-state index is 12.2. The average Bonchev–Trinajstić information content (AvgIpc) is 3.00. The Morgan fingerprint density at radius 2 is 2.26 bits per heavy atom. The summed E-state index contributed by atoms with van der Waals surface area (Å²) in [4.78, 5) is 17.2. The van der Waals surface area contributed by atoms with E-state index >= 15 is 0 Å². The van der Waals surface area contributed by atoms with Crippen molar-refractivity contribution < 1.29 is 14.3 Å². The lowest BCUT2D eigenvalue weighted by Crippen LogP contribution is -2.43. The van der Waals surface area contributed by atoms with Gasteiger partial charge in [-0.15, -0.1) is 0 Å². The zero-order valence-corrected chi connectivity index (χ0v) is 14.8. The van der Waals surface area contributed by atoms with Crippen LogP contribution in [0.2, 0.25) is 0 Å². The fourth-order valence-corrected chi connectivity index (χ4v) is 2.89. The molecule has 0 bridgehead atoms. The van der Waals surface area contributed by atoms with E-state index in [1.165, 1.54) is 0 Å². The summed E-state index contributed by atoms with van der Waals surface area (Å²) in [6, 6.07) is 4.02. The van der Waals surface area contributed by atoms with Gasteiger partial charge in [0.15, 0.2) is 0 Å². The first-order valence-electron chi connectivity index (χ1n) is 8.58. The van der Waals surface area contributed by atoms with Gasteiger partial charge in [-0.2, -0.15) is 0 Å². The fourth-order valence-electron chi connectivity index (χ4n) is 2.89. The van der Waals surface area contributed by atoms with E-state index in [0.29, 0.717) is 12.5 Å². The highest BCUT2D eigenvalue weighted by Crippen LogP contribution is 2.23. The number of hydrogen-bond donors (Lipinski definition) is 1. The Morgan fingerprint density at radius 1 is 1.48 bits per heavy atom. The van der Waals surface area contributed by atoms with Crippen LogP contribution < -0.4 is 0 Å². The molecule has 0 radical (unpaired) electrons. The van der Waals surface area contributed by atoms with Crippen LogP contribution in [-0.4, -0.2) is 41.3 Å². The lowest BCUT2D eigenvalue weighted by Gasteiger charge is -2.34. The van der Waals surface area contributed by atoms with E-state index < -0.39 is 5.60 Å². The number of ether oxygens (including phenoxy) is 2. The Morgan fingerprint density at radius 3 is 2.91 bits per heavy atom. The Labute approximate surface area is 139 Å². The van der Waals surface area contributed by atoms with Gasteiger partial charge in [0, 0.05) is 31.6 Å². The molecule has 1 aliphatic heterocycles. The van der Waals surface area contributed by atoms with Gasteiger partial charge in [-0.25, -0.2) is 4.79 Å². The molecule has 1 aliphatic rings. The summed E-state index contributed by atoms with van der Waals surface area (Å²) in [6.45, 7) is 10.1. The van der Waals surface area contributed by atoms with Gasteiger partial charge in [0.05, 0.1) is 6.10 Å². The summed E-state index contributed by atoms with van der Waals surface area (Å²) in [5, 5.41) is 0. The van der Waals surface area contributed by atoms with Crippen LogP contribution in [0.3, 0.4) is 0 Å². The van der Waals surface area contributed by atoms with E-state index in [2.05, 4.69) is 11.9 Å². The highest BCUT2D eigenvalue weighted by molar-refractivity contribution is 5.68. The molecule has 23 heavy (non-hydrogen) atoms. The van der Waals surface area contributed by atoms with Crippen molar-refractivity contribution in [3.8, 4) is 0 Å². The summed E-state index contributed by atoms with van der Waals surface area (Å²) < 4.78 is 11.4. The Balaban J connectivity index is 1.72. The third-order valence-corrected chi connectivity index (χ3v) is 4.12. The molecule has 130 valence electrons. The Bertz CT molecular complexity index is 479. The fraction of sp³-hybridized carbons (Fsp3) is 0.722. The van der Waals surface area contributed by atoms with Crippen molar-refractivity contribution in [2.45, 2.75) is 58.7 Å². The third-order valence-electron chi connectivity index (χ3n) is 4.12. The highest BCUT2D eigenvalue weighted by Gasteiger charge is 2.27. The number of likely N-dealkylation sites (tertiary alicyclic amines) is 1. The molecule has 0 spiro atoms. The van der Waals surface area contributed by atoms with Crippen LogP contribution in [0, 0.1) is 5.92 Å². The molecule has 2 heterocycles. The number of nitrogens with one attached hydrogen (secondary N) is 1. The first-order valence-corrected chi connectivity index (χ1v) is 8.58. The molecule has 1 amide bonds. The summed E-state index contributed by atoms with van der Waals surface area (Å²) in [6.07, 6.45) is 4.97. The predicted octanol–water partition coefficient (Wildman–Crippen LogP) is 4.13. The first-order chi connectivity index (χ1) is 10.8. The van der Waals surface area contributed by atoms with Gasteiger partial charge in [-0.05, 0) is 65.0 Å². The predicted molar refractivity (Wildman–Crippen MR) is 90.3 cm³/mol. The number of aromatic nitrogens is 1. The van der Waals surface area contributed by atoms with Crippen LogP contribution in [0.1, 0.15) is 58.8 Å². The molecular weight excluding hydrogens is 292 g/mol. The maximum Gasteiger partial charge on any atom is 0.410 e. The van der Waals surface area contributed by atoms with E-state index in [9.17, 15) is 4.79 Å². The molecule has 0 aromatic carbocycles. The number of nitrogens with zero attached hydrogens (tertiary/aromatic N) is 1. The maximum absolute atomic E-state index is 12.2. The Kier molecular flexibility index (Phi) is 6.10. The van der Waals surface area contributed by atoms with E-state index in [0.717, 1.165) is 38.0 Å². The van der Waals surface area contributed by atoms with Crippen LogP contribution >= 0.6 is 0 Å². The van der Waals surface area contributed by atoms with Crippen molar-refractivity contribution in [3.05, 3.63) is 24.0 Å². The zero-order chi connectivity index (χ0) is 16.9. The first kappa shape index (κ1) is 17.9. The van der Waals surface area contributed by atoms with Crippen molar-refractivity contribution >= 4 is 6.09 Å². The number of piperidine rings is 1. The van der Waals surface area contributed by atoms with Gasteiger partial charge in [0.25, 0.3) is 0 Å². The van der Waals surface area contributed by atoms with Crippen LogP contribution in [0.25, 0.3) is 0 Å². The minimum absolute atomic E-state index is 0.0792. The molecule has 0 unspecified atom stereocenters. The molecule has 5 nitrogen and oxygen atoms in total. The minimum atomic E-state index is -0.432. The monoisotopic (exact) mass is 322 g/mol. The molecule has 5 heteroatoms. The SMILES string of the molecule is C[C@@H](OCC[C@H]1CCCN(C(=O)OC(C)(C)C)C1)c1ccc[nH]1. The summed E-state index contributed by atoms with van der Waals surface area (Å²) >= 11 is 0. The normalized spacial score (nSPS) is 20.3. The lowest BCUT2D eigenvalue weighted by molar-refractivity contribution is 0.0104. The minimum Gasteiger partial charge on any atom is -0.444 e. The van der Waals surface area contributed by atoms with Crippen molar-refractivity contribution in [1.82, 2.24) is 9.88 Å². The number of aromatic amines is 1. The van der Waals surface area contributed by atoms with Crippen LogP contribution in [0.15, 0.2) is 18.3 Å². The number of carbonyl (C=O) groups is 1. The standard InChI is InChI=1S/C18H30N2O3/c1-14(16-8-5-10-19-16)22-12-9-15-7-6-11-20(13-15)17(21)23-18(2,3)4/h5,8,10,14-15,19H,6-7,9,11-13H2,1-4H3/t14-,15-/m1/s1. The summed E-state index contributed by atoms with van der Waals surface area (Å²) in [5.74, 6) is 0.493. The van der Waals surface area contributed by atoms with Gasteiger partial charge in [0.1, 0.15) is 5.60 Å². The number of amides is 1. The van der Waals surface area contributed by atoms with E-state index in [1.54, 1.807) is 0 Å². The molecule has 2 rings (SSSR count). The molecule has 1 saturated heterocycles. The van der Waals surface area contributed by atoms with E-state index in [4.69, 9.17) is 9.47 Å². The second-order valence-electron chi connectivity index (χ2n) is 7.36.